The fourth-order valence-electron chi connectivity index (χ4n) is 2.43. The molecule has 7 heteroatoms. The Morgan fingerprint density at radius 1 is 1.24 bits per heavy atom. The third-order valence-corrected chi connectivity index (χ3v) is 4.50. The molecule has 0 saturated heterocycles. The largest absolute Gasteiger partial charge is 0.489 e. The number of ether oxygens (including phenoxy) is 1. The van der Waals surface area contributed by atoms with Gasteiger partial charge in [0.05, 0.1) is 6.54 Å². The zero-order chi connectivity index (χ0) is 17.8. The maximum atomic E-state index is 10.6. The quantitative estimate of drug-likeness (QED) is 0.624. The Balaban J connectivity index is 1.77. The van der Waals surface area contributed by atoms with Crippen molar-refractivity contribution < 1.29 is 9.84 Å². The van der Waals surface area contributed by atoms with Crippen molar-refractivity contribution in [2.24, 2.45) is 0 Å². The number of halogens is 2. The average Bonchev–Trinajstić information content (AvgIpc) is 3.00. The van der Waals surface area contributed by atoms with Gasteiger partial charge in [0.2, 0.25) is 0 Å². The molecule has 3 aromatic rings. The molecule has 1 heterocycles. The maximum Gasteiger partial charge on any atom is 0.200 e. The lowest BCUT2D eigenvalue weighted by molar-refractivity contribution is 0.151. The van der Waals surface area contributed by atoms with Crippen LogP contribution in [0.25, 0.3) is 0 Å². The molecule has 130 valence electrons. The molecule has 1 unspecified atom stereocenters. The van der Waals surface area contributed by atoms with Crippen molar-refractivity contribution in [3.63, 3.8) is 0 Å². The number of hydrogen-bond acceptors (Lipinski definition) is 4. The molecule has 0 aliphatic carbocycles. The van der Waals surface area contributed by atoms with E-state index in [1.54, 1.807) is 17.0 Å². The Kier molecular flexibility index (Phi) is 5.63. The van der Waals surface area contributed by atoms with E-state index < -0.39 is 6.10 Å². The van der Waals surface area contributed by atoms with Crippen LogP contribution in [0.3, 0.4) is 0 Å². The summed E-state index contributed by atoms with van der Waals surface area (Å²) < 4.78 is 8.46. The van der Waals surface area contributed by atoms with E-state index in [0.29, 0.717) is 35.4 Å². The highest BCUT2D eigenvalue weighted by Gasteiger charge is 2.16. The molecule has 0 aliphatic heterocycles. The highest BCUT2D eigenvalue weighted by molar-refractivity contribution is 9.10. The minimum absolute atomic E-state index is 0.291. The first-order chi connectivity index (χ1) is 12.0. The lowest BCUT2D eigenvalue weighted by Gasteiger charge is -2.18. The van der Waals surface area contributed by atoms with Crippen LogP contribution < -0.4 is 10.5 Å². The first kappa shape index (κ1) is 17.8. The monoisotopic (exact) mass is 421 g/mol. The van der Waals surface area contributed by atoms with Crippen molar-refractivity contribution in [1.29, 1.82) is 0 Å². The number of aliphatic hydroxyl groups excluding tert-OH is 1. The topological polar surface area (TPSA) is 73.3 Å². The molecule has 0 saturated carbocycles. The van der Waals surface area contributed by atoms with Crippen LogP contribution in [0.5, 0.6) is 5.75 Å². The normalized spacial score (nSPS) is 12.1. The van der Waals surface area contributed by atoms with Gasteiger partial charge in [-0.05, 0) is 35.9 Å². The predicted octanol–water partition coefficient (Wildman–Crippen LogP) is 4.19. The molecule has 3 rings (SSSR count). The maximum absolute atomic E-state index is 10.6. The number of hydrogen-bond donors (Lipinski definition) is 2. The van der Waals surface area contributed by atoms with Crippen LogP contribution in [0.4, 0.5) is 5.95 Å². The molecule has 1 aromatic heterocycles. The number of nitrogens with two attached hydrogens (primary N) is 1. The Bertz CT molecular complexity index is 852. The van der Waals surface area contributed by atoms with Gasteiger partial charge in [-0.2, -0.15) is 0 Å². The van der Waals surface area contributed by atoms with E-state index in [2.05, 4.69) is 20.9 Å². The summed E-state index contributed by atoms with van der Waals surface area (Å²) in [5.41, 5.74) is 7.44. The van der Waals surface area contributed by atoms with Gasteiger partial charge in [-0.1, -0.05) is 39.7 Å². The number of nitrogen functional groups attached to an aromatic ring is 1. The minimum Gasteiger partial charge on any atom is -0.489 e. The van der Waals surface area contributed by atoms with E-state index >= 15 is 0 Å². The van der Waals surface area contributed by atoms with Crippen LogP contribution in [0, 0.1) is 0 Å². The summed E-state index contributed by atoms with van der Waals surface area (Å²) in [6, 6.07) is 13.0. The van der Waals surface area contributed by atoms with E-state index in [-0.39, 0.29) is 0 Å². The van der Waals surface area contributed by atoms with Gasteiger partial charge in [-0.3, -0.25) is 0 Å². The number of rotatable bonds is 6. The summed E-state index contributed by atoms with van der Waals surface area (Å²) in [4.78, 5) is 3.96. The van der Waals surface area contributed by atoms with Crippen LogP contribution in [0.1, 0.15) is 17.2 Å². The van der Waals surface area contributed by atoms with Crippen molar-refractivity contribution >= 4 is 33.5 Å². The third kappa shape index (κ3) is 4.54. The zero-order valence-electron chi connectivity index (χ0n) is 13.3. The molecular formula is C18H17BrClN3O2. The molecule has 0 aliphatic rings. The average molecular weight is 423 g/mol. The predicted molar refractivity (Wildman–Crippen MR) is 102 cm³/mol. The van der Waals surface area contributed by atoms with Crippen LogP contribution >= 0.6 is 27.5 Å². The summed E-state index contributed by atoms with van der Waals surface area (Å²) in [6.07, 6.45) is 2.54. The lowest BCUT2D eigenvalue weighted by atomic mass is 10.1. The molecule has 3 N–H and O–H groups in total. The van der Waals surface area contributed by atoms with Crippen molar-refractivity contribution in [2.75, 3.05) is 5.73 Å². The fraction of sp³-hybridized carbons (Fsp3) is 0.167. The zero-order valence-corrected chi connectivity index (χ0v) is 15.6. The molecule has 2 aromatic carbocycles. The second-order valence-corrected chi connectivity index (χ2v) is 6.90. The second-order valence-electron chi connectivity index (χ2n) is 5.55. The van der Waals surface area contributed by atoms with E-state index in [4.69, 9.17) is 22.1 Å². The van der Waals surface area contributed by atoms with E-state index in [1.807, 2.05) is 42.5 Å². The van der Waals surface area contributed by atoms with Gasteiger partial charge >= 0.3 is 0 Å². The summed E-state index contributed by atoms with van der Waals surface area (Å²) in [6.45, 7) is 0.672. The Morgan fingerprint density at radius 2 is 2.00 bits per heavy atom. The molecule has 1 atom stereocenters. The van der Waals surface area contributed by atoms with Gasteiger partial charge in [0.25, 0.3) is 0 Å². The first-order valence-electron chi connectivity index (χ1n) is 7.64. The summed E-state index contributed by atoms with van der Waals surface area (Å²) in [5.74, 6) is 0.974. The van der Waals surface area contributed by atoms with Crippen molar-refractivity contribution in [3.05, 3.63) is 75.5 Å². The Hall–Kier alpha value is -2.02. The smallest absolute Gasteiger partial charge is 0.200 e. The van der Waals surface area contributed by atoms with E-state index in [1.165, 1.54) is 0 Å². The molecule has 5 nitrogen and oxygen atoms in total. The molecule has 0 spiro atoms. The van der Waals surface area contributed by atoms with Crippen molar-refractivity contribution in [3.8, 4) is 5.75 Å². The number of benzene rings is 2. The van der Waals surface area contributed by atoms with E-state index in [0.717, 1.165) is 10.0 Å². The number of imidazole rings is 1. The van der Waals surface area contributed by atoms with Gasteiger partial charge in [0.1, 0.15) is 18.5 Å². The Morgan fingerprint density at radius 3 is 2.68 bits per heavy atom. The summed E-state index contributed by atoms with van der Waals surface area (Å²) in [5, 5.41) is 11.3. The third-order valence-electron chi connectivity index (χ3n) is 3.76. The minimum atomic E-state index is -0.783. The van der Waals surface area contributed by atoms with Crippen molar-refractivity contribution in [2.45, 2.75) is 19.3 Å². The highest BCUT2D eigenvalue weighted by Crippen LogP contribution is 2.30. The SMILES string of the molecule is Nc1nccn1CC(O)c1cc(Br)ccc1OCc1ccc(Cl)cc1. The van der Waals surface area contributed by atoms with Crippen LogP contribution in [-0.2, 0) is 13.2 Å². The van der Waals surface area contributed by atoms with Gasteiger partial charge < -0.3 is 20.1 Å². The number of anilines is 1. The standard InChI is InChI=1S/C18H17BrClN3O2/c19-13-3-6-17(25-11-12-1-4-14(20)5-2-12)15(9-13)16(24)10-23-8-7-22-18(23)21/h1-9,16,24H,10-11H2,(H2,21,22). The first-order valence-corrected chi connectivity index (χ1v) is 8.81. The van der Waals surface area contributed by atoms with Crippen LogP contribution in [0.15, 0.2) is 59.3 Å². The van der Waals surface area contributed by atoms with Gasteiger partial charge in [0, 0.05) is 27.5 Å². The lowest BCUT2D eigenvalue weighted by Crippen LogP contribution is -2.12. The summed E-state index contributed by atoms with van der Waals surface area (Å²) in [7, 11) is 0. The van der Waals surface area contributed by atoms with Crippen LogP contribution in [-0.4, -0.2) is 14.7 Å². The second kappa shape index (κ2) is 7.91. The Labute approximate surface area is 159 Å². The van der Waals surface area contributed by atoms with Crippen molar-refractivity contribution in [1.82, 2.24) is 9.55 Å². The molecule has 25 heavy (non-hydrogen) atoms. The molecule has 0 amide bonds. The van der Waals surface area contributed by atoms with E-state index in [9.17, 15) is 5.11 Å². The summed E-state index contributed by atoms with van der Waals surface area (Å²) >= 11 is 9.33. The number of nitrogens with zero attached hydrogens (tertiary/aromatic N) is 2. The number of aliphatic hydroxyl groups is 1. The van der Waals surface area contributed by atoms with Gasteiger partial charge in [0.15, 0.2) is 5.95 Å². The van der Waals surface area contributed by atoms with Gasteiger partial charge in [-0.25, -0.2) is 4.98 Å². The number of aromatic nitrogens is 2. The fourth-order valence-corrected chi connectivity index (χ4v) is 2.94. The van der Waals surface area contributed by atoms with Crippen LogP contribution in [0.2, 0.25) is 5.02 Å². The molecule has 0 bridgehead atoms. The molecule has 0 fully saturated rings. The molecular weight excluding hydrogens is 406 g/mol. The molecule has 0 radical (unpaired) electrons. The van der Waals surface area contributed by atoms with Gasteiger partial charge in [-0.15, -0.1) is 0 Å². The highest BCUT2D eigenvalue weighted by atomic mass is 79.9.